The van der Waals surface area contributed by atoms with Crippen LogP contribution in [0.2, 0.25) is 0 Å². The maximum atomic E-state index is 14.7. The molecule has 0 spiro atoms. The molecule has 1 aliphatic heterocycles. The van der Waals surface area contributed by atoms with Crippen LogP contribution in [0, 0.1) is 5.82 Å². The molecule has 0 radical (unpaired) electrons. The fourth-order valence-corrected chi connectivity index (χ4v) is 5.90. The van der Waals surface area contributed by atoms with Crippen molar-refractivity contribution in [3.8, 4) is 5.75 Å². The van der Waals surface area contributed by atoms with Gasteiger partial charge in [0.05, 0.1) is 18.1 Å². The number of nitrogens with zero attached hydrogens (tertiary/aromatic N) is 3. The fourth-order valence-electron chi connectivity index (χ4n) is 4.10. The van der Waals surface area contributed by atoms with Gasteiger partial charge in [0, 0.05) is 6.20 Å². The Bertz CT molecular complexity index is 1380. The molecule has 1 aliphatic rings. The lowest BCUT2D eigenvalue weighted by molar-refractivity contribution is -0.149. The molecule has 39 heavy (non-hydrogen) atoms. The molecule has 0 saturated carbocycles. The van der Waals surface area contributed by atoms with Crippen LogP contribution in [0.1, 0.15) is 33.9 Å². The van der Waals surface area contributed by atoms with Crippen molar-refractivity contribution in [1.29, 1.82) is 0 Å². The number of aromatic nitrogens is 3. The van der Waals surface area contributed by atoms with Gasteiger partial charge in [-0.15, -0.1) is 11.6 Å². The summed E-state index contributed by atoms with van der Waals surface area (Å²) in [7, 11) is -4.24. The maximum absolute atomic E-state index is 14.7. The summed E-state index contributed by atoms with van der Waals surface area (Å²) >= 11 is 6.69. The lowest BCUT2D eigenvalue weighted by Crippen LogP contribution is -2.40. The molecule has 2 aromatic heterocycles. The first-order valence-electron chi connectivity index (χ1n) is 12.1. The number of para-hydroxylation sites is 1. The first kappa shape index (κ1) is 29.2. The second-order valence-corrected chi connectivity index (χ2v) is 12.0. The summed E-state index contributed by atoms with van der Waals surface area (Å²) in [6.07, 6.45) is -1.75. The van der Waals surface area contributed by atoms with Gasteiger partial charge >= 0.3 is 13.7 Å². The maximum Gasteiger partial charge on any atom is 0.459 e. The Labute approximate surface area is 229 Å². The zero-order chi connectivity index (χ0) is 28.5. The Balaban J connectivity index is 1.56. The first-order chi connectivity index (χ1) is 18.3. The number of ether oxygens (including phenoxy) is 2. The summed E-state index contributed by atoms with van der Waals surface area (Å²) in [6.45, 7) is 5.84. The standard InChI is InChI=1S/C24H30ClFN5O7P/c1-13(2)36-22(33)14(3)30-39(34,38-15-8-6-5-7-9-15)35-11-17-19(32)24(4,25)23(37-17)31-10-16(26)18-20(27)28-12-29-21(18)31/h5-10,12-14,17,19,23,32H,11H2,1-4H3,(H,30,34)(H2,27,28,29)/t14-,17+,19+,23+,24+,39-/m0/s1. The summed E-state index contributed by atoms with van der Waals surface area (Å²) in [5.41, 5.74) is 5.92. The van der Waals surface area contributed by atoms with Gasteiger partial charge in [-0.05, 0) is 39.8 Å². The molecule has 6 atom stereocenters. The molecule has 0 aliphatic carbocycles. The van der Waals surface area contributed by atoms with E-state index in [1.54, 1.807) is 44.2 Å². The smallest absolute Gasteiger partial charge is 0.459 e. The molecule has 0 amide bonds. The van der Waals surface area contributed by atoms with E-state index in [9.17, 15) is 18.9 Å². The molecule has 12 nitrogen and oxygen atoms in total. The predicted octanol–water partition coefficient (Wildman–Crippen LogP) is 3.54. The van der Waals surface area contributed by atoms with E-state index < -0.39 is 61.6 Å². The van der Waals surface area contributed by atoms with Crippen molar-refractivity contribution in [2.24, 2.45) is 0 Å². The summed E-state index contributed by atoms with van der Waals surface area (Å²) in [5.74, 6) is -1.22. The zero-order valence-electron chi connectivity index (χ0n) is 21.7. The van der Waals surface area contributed by atoms with Crippen LogP contribution >= 0.6 is 19.3 Å². The number of benzene rings is 1. The number of nitrogen functional groups attached to an aromatic ring is 1. The average molecular weight is 586 g/mol. The number of nitrogens with one attached hydrogen (secondary N) is 1. The van der Waals surface area contributed by atoms with E-state index in [1.165, 1.54) is 24.7 Å². The van der Waals surface area contributed by atoms with Gasteiger partial charge in [0.1, 0.15) is 41.0 Å². The van der Waals surface area contributed by atoms with E-state index in [0.717, 1.165) is 6.20 Å². The largest absolute Gasteiger partial charge is 0.462 e. The molecule has 0 unspecified atom stereocenters. The van der Waals surface area contributed by atoms with Crippen LogP contribution in [-0.2, 0) is 23.4 Å². The SMILES string of the molecule is CC(C)OC(=O)[C@H](C)N[P@](=O)(OC[C@H]1O[C@@H](n2cc(F)c3c(N)ncnc32)[C@](C)(Cl)[C@@H]1O)Oc1ccccc1. The molecule has 3 aromatic rings. The minimum Gasteiger partial charge on any atom is -0.462 e. The summed E-state index contributed by atoms with van der Waals surface area (Å²) in [6, 6.07) is 7.12. The van der Waals surface area contributed by atoms with Crippen molar-refractivity contribution in [2.45, 2.75) is 63.2 Å². The third kappa shape index (κ3) is 6.19. The molecule has 15 heteroatoms. The lowest BCUT2D eigenvalue weighted by Gasteiger charge is -2.26. The molecule has 212 valence electrons. The minimum absolute atomic E-state index is 0.0185. The van der Waals surface area contributed by atoms with E-state index in [-0.39, 0.29) is 22.6 Å². The summed E-state index contributed by atoms with van der Waals surface area (Å²) < 4.78 is 52.2. The number of halogens is 2. The Hall–Kier alpha value is -2.80. The van der Waals surface area contributed by atoms with Crippen LogP contribution in [0.4, 0.5) is 10.2 Å². The molecule has 3 heterocycles. The predicted molar refractivity (Wildman–Crippen MR) is 141 cm³/mol. The molecule has 1 fully saturated rings. The Morgan fingerprint density at radius 3 is 2.69 bits per heavy atom. The van der Waals surface area contributed by atoms with E-state index in [2.05, 4.69) is 15.1 Å². The Morgan fingerprint density at radius 1 is 1.33 bits per heavy atom. The topological polar surface area (TPSA) is 160 Å². The molecule has 0 bridgehead atoms. The molecule has 4 rings (SSSR count). The van der Waals surface area contributed by atoms with Gasteiger partial charge in [-0.1, -0.05) is 18.2 Å². The Kier molecular flexibility index (Phi) is 8.50. The molecule has 1 aromatic carbocycles. The van der Waals surface area contributed by atoms with Gasteiger partial charge in [-0.2, -0.15) is 5.09 Å². The van der Waals surface area contributed by atoms with Crippen LogP contribution in [0.5, 0.6) is 5.75 Å². The van der Waals surface area contributed by atoms with Gasteiger partial charge in [-0.25, -0.2) is 18.9 Å². The van der Waals surface area contributed by atoms with Crippen LogP contribution in [0.15, 0.2) is 42.9 Å². The van der Waals surface area contributed by atoms with Crippen molar-refractivity contribution in [2.75, 3.05) is 12.3 Å². The number of hydrogen-bond donors (Lipinski definition) is 3. The second-order valence-electron chi connectivity index (χ2n) is 9.50. The number of alkyl halides is 1. The normalized spacial score (nSPS) is 25.5. The van der Waals surface area contributed by atoms with Crippen LogP contribution < -0.4 is 15.3 Å². The number of nitrogens with two attached hydrogens (primary N) is 1. The number of carbonyl (C=O) groups excluding carboxylic acids is 1. The number of esters is 1. The van der Waals surface area contributed by atoms with Crippen molar-refractivity contribution in [3.05, 3.63) is 48.7 Å². The van der Waals surface area contributed by atoms with Crippen molar-refractivity contribution < 1.29 is 37.4 Å². The monoisotopic (exact) mass is 585 g/mol. The second kappa shape index (κ2) is 11.4. The highest BCUT2D eigenvalue weighted by atomic mass is 35.5. The van der Waals surface area contributed by atoms with Gasteiger partial charge < -0.3 is 29.4 Å². The fraction of sp³-hybridized carbons (Fsp3) is 0.458. The zero-order valence-corrected chi connectivity index (χ0v) is 23.3. The number of carbonyl (C=O) groups is 1. The number of rotatable bonds is 10. The molecular formula is C24H30ClFN5O7P. The van der Waals surface area contributed by atoms with Gasteiger partial charge in [0.15, 0.2) is 17.7 Å². The van der Waals surface area contributed by atoms with E-state index in [4.69, 9.17) is 35.9 Å². The summed E-state index contributed by atoms with van der Waals surface area (Å²) in [5, 5.41) is 13.6. The highest BCUT2D eigenvalue weighted by Crippen LogP contribution is 2.49. The first-order valence-corrected chi connectivity index (χ1v) is 14.0. The van der Waals surface area contributed by atoms with Crippen LogP contribution in [-0.4, -0.2) is 61.4 Å². The molecule has 4 N–H and O–H groups in total. The average Bonchev–Trinajstić information content (AvgIpc) is 3.31. The quantitative estimate of drug-likeness (QED) is 0.181. The number of fused-ring (bicyclic) bond motifs is 1. The third-order valence-electron chi connectivity index (χ3n) is 6.00. The van der Waals surface area contributed by atoms with Crippen molar-refractivity contribution in [3.63, 3.8) is 0 Å². The molecule has 1 saturated heterocycles. The van der Waals surface area contributed by atoms with E-state index in [1.807, 2.05) is 0 Å². The Morgan fingerprint density at radius 2 is 2.03 bits per heavy atom. The van der Waals surface area contributed by atoms with Crippen LogP contribution in [0.25, 0.3) is 11.0 Å². The van der Waals surface area contributed by atoms with E-state index in [0.29, 0.717) is 0 Å². The third-order valence-corrected chi connectivity index (χ3v) is 8.05. The number of aliphatic hydroxyl groups excluding tert-OH is 1. The number of anilines is 1. The minimum atomic E-state index is -4.24. The number of hydrogen-bond acceptors (Lipinski definition) is 10. The van der Waals surface area contributed by atoms with Crippen molar-refractivity contribution in [1.82, 2.24) is 19.6 Å². The highest BCUT2D eigenvalue weighted by Gasteiger charge is 2.54. The highest BCUT2D eigenvalue weighted by molar-refractivity contribution is 7.52. The van der Waals surface area contributed by atoms with Crippen LogP contribution in [0.3, 0.4) is 0 Å². The van der Waals surface area contributed by atoms with Gasteiger partial charge in [-0.3, -0.25) is 9.32 Å². The lowest BCUT2D eigenvalue weighted by atomic mass is 10.0. The number of aliphatic hydroxyl groups is 1. The summed E-state index contributed by atoms with van der Waals surface area (Å²) in [4.78, 5) is 18.8. The van der Waals surface area contributed by atoms with Gasteiger partial charge in [0.25, 0.3) is 0 Å². The van der Waals surface area contributed by atoms with E-state index >= 15 is 0 Å². The van der Waals surface area contributed by atoms with Gasteiger partial charge in [0.2, 0.25) is 0 Å². The van der Waals surface area contributed by atoms with Crippen molar-refractivity contribution >= 4 is 42.2 Å². The molecular weight excluding hydrogens is 556 g/mol.